The average molecular weight is 240 g/mol. The molecule has 1 atom stereocenters. The van der Waals surface area contributed by atoms with E-state index in [1.807, 2.05) is 13.0 Å². The van der Waals surface area contributed by atoms with Gasteiger partial charge < -0.3 is 9.47 Å². The van der Waals surface area contributed by atoms with Crippen LogP contribution < -0.4 is 0 Å². The van der Waals surface area contributed by atoms with Crippen LogP contribution >= 0.6 is 12.6 Å². The summed E-state index contributed by atoms with van der Waals surface area (Å²) in [6.45, 7) is 4.73. The zero-order valence-corrected chi connectivity index (χ0v) is 10.4. The molecule has 0 N–H and O–H groups in total. The number of benzene rings is 1. The van der Waals surface area contributed by atoms with E-state index in [4.69, 9.17) is 9.47 Å². The van der Waals surface area contributed by atoms with Crippen LogP contribution in [0.2, 0.25) is 0 Å². The van der Waals surface area contributed by atoms with Crippen LogP contribution in [0.5, 0.6) is 0 Å². The minimum Gasteiger partial charge on any atom is -0.457 e. The summed E-state index contributed by atoms with van der Waals surface area (Å²) in [6.07, 6.45) is -0.250. The monoisotopic (exact) mass is 240 g/mol. The SMILES string of the molecule is CCOCC(C)OC(=O)c1ccccc1S. The molecular weight excluding hydrogens is 224 g/mol. The number of ether oxygens (including phenoxy) is 2. The third kappa shape index (κ3) is 3.87. The van der Waals surface area contributed by atoms with Gasteiger partial charge in [-0.05, 0) is 26.0 Å². The molecule has 0 aliphatic rings. The van der Waals surface area contributed by atoms with Crippen LogP contribution in [0.1, 0.15) is 24.2 Å². The molecule has 0 bridgehead atoms. The summed E-state index contributed by atoms with van der Waals surface area (Å²) in [5, 5.41) is 0. The first-order valence-electron chi connectivity index (χ1n) is 5.21. The van der Waals surface area contributed by atoms with Gasteiger partial charge in [-0.3, -0.25) is 0 Å². The number of hydrogen-bond acceptors (Lipinski definition) is 4. The largest absolute Gasteiger partial charge is 0.457 e. The Hall–Kier alpha value is -1.00. The standard InChI is InChI=1S/C12H16O3S/c1-3-14-8-9(2)15-12(13)10-6-4-5-7-11(10)16/h4-7,9,16H,3,8H2,1-2H3. The molecule has 0 aromatic heterocycles. The summed E-state index contributed by atoms with van der Waals surface area (Å²) in [7, 11) is 0. The van der Waals surface area contributed by atoms with Crippen molar-refractivity contribution >= 4 is 18.6 Å². The summed E-state index contributed by atoms with van der Waals surface area (Å²) in [5.41, 5.74) is 0.481. The van der Waals surface area contributed by atoms with E-state index < -0.39 is 0 Å². The van der Waals surface area contributed by atoms with Gasteiger partial charge in [0.2, 0.25) is 0 Å². The van der Waals surface area contributed by atoms with Crippen LogP contribution in [-0.4, -0.2) is 25.3 Å². The number of carbonyl (C=O) groups excluding carboxylic acids is 1. The van der Waals surface area contributed by atoms with Crippen molar-refractivity contribution in [2.24, 2.45) is 0 Å². The maximum absolute atomic E-state index is 11.7. The van der Waals surface area contributed by atoms with E-state index in [1.54, 1.807) is 25.1 Å². The molecule has 1 aromatic carbocycles. The van der Waals surface area contributed by atoms with E-state index in [-0.39, 0.29) is 12.1 Å². The topological polar surface area (TPSA) is 35.5 Å². The number of rotatable bonds is 5. The predicted molar refractivity (Wildman–Crippen MR) is 65.1 cm³/mol. The zero-order chi connectivity index (χ0) is 12.0. The summed E-state index contributed by atoms with van der Waals surface area (Å²) < 4.78 is 10.4. The van der Waals surface area contributed by atoms with Crippen LogP contribution in [0.3, 0.4) is 0 Å². The minimum absolute atomic E-state index is 0.250. The lowest BCUT2D eigenvalue weighted by Crippen LogP contribution is -2.20. The molecule has 0 spiro atoms. The fraction of sp³-hybridized carbons (Fsp3) is 0.417. The van der Waals surface area contributed by atoms with Crippen molar-refractivity contribution in [1.29, 1.82) is 0 Å². The second kappa shape index (κ2) is 6.55. The predicted octanol–water partition coefficient (Wildman–Crippen LogP) is 2.56. The van der Waals surface area contributed by atoms with E-state index in [0.29, 0.717) is 23.7 Å². The highest BCUT2D eigenvalue weighted by molar-refractivity contribution is 7.80. The maximum atomic E-state index is 11.7. The molecule has 4 heteroatoms. The Morgan fingerprint density at radius 2 is 2.12 bits per heavy atom. The smallest absolute Gasteiger partial charge is 0.339 e. The molecule has 0 saturated carbocycles. The van der Waals surface area contributed by atoms with Crippen molar-refractivity contribution in [3.05, 3.63) is 29.8 Å². The Morgan fingerprint density at radius 1 is 1.44 bits per heavy atom. The van der Waals surface area contributed by atoms with E-state index in [9.17, 15) is 4.79 Å². The summed E-state index contributed by atoms with van der Waals surface area (Å²) in [5.74, 6) is -0.363. The average Bonchev–Trinajstić information content (AvgIpc) is 2.26. The lowest BCUT2D eigenvalue weighted by Gasteiger charge is -2.13. The Balaban J connectivity index is 2.56. The molecule has 0 aliphatic carbocycles. The van der Waals surface area contributed by atoms with Gasteiger partial charge in [0.1, 0.15) is 6.10 Å². The molecule has 0 aliphatic heterocycles. The van der Waals surface area contributed by atoms with Crippen LogP contribution in [0.25, 0.3) is 0 Å². The Bertz CT molecular complexity index is 352. The molecule has 1 aromatic rings. The van der Waals surface area contributed by atoms with Crippen LogP contribution in [0.4, 0.5) is 0 Å². The Kier molecular flexibility index (Phi) is 5.35. The van der Waals surface area contributed by atoms with Crippen molar-refractivity contribution in [2.45, 2.75) is 24.8 Å². The van der Waals surface area contributed by atoms with Crippen LogP contribution in [0.15, 0.2) is 29.2 Å². The van der Waals surface area contributed by atoms with E-state index >= 15 is 0 Å². The molecule has 88 valence electrons. The van der Waals surface area contributed by atoms with Gasteiger partial charge in [-0.25, -0.2) is 4.79 Å². The van der Waals surface area contributed by atoms with Crippen molar-refractivity contribution in [3.8, 4) is 0 Å². The minimum atomic E-state index is -0.363. The zero-order valence-electron chi connectivity index (χ0n) is 9.47. The second-order valence-electron chi connectivity index (χ2n) is 3.39. The van der Waals surface area contributed by atoms with Gasteiger partial charge in [-0.2, -0.15) is 0 Å². The van der Waals surface area contributed by atoms with Crippen LogP contribution in [0, 0.1) is 0 Å². The summed E-state index contributed by atoms with van der Waals surface area (Å²) in [6, 6.07) is 7.05. The first kappa shape index (κ1) is 13.1. The number of esters is 1. The molecular formula is C12H16O3S. The molecule has 0 saturated heterocycles. The fourth-order valence-corrected chi connectivity index (χ4v) is 1.46. The van der Waals surface area contributed by atoms with Gasteiger partial charge in [-0.1, -0.05) is 12.1 Å². The first-order valence-corrected chi connectivity index (χ1v) is 5.66. The van der Waals surface area contributed by atoms with Crippen molar-refractivity contribution < 1.29 is 14.3 Å². The highest BCUT2D eigenvalue weighted by Crippen LogP contribution is 2.14. The van der Waals surface area contributed by atoms with Gasteiger partial charge in [-0.15, -0.1) is 12.6 Å². The maximum Gasteiger partial charge on any atom is 0.339 e. The molecule has 0 fully saturated rings. The second-order valence-corrected chi connectivity index (χ2v) is 3.87. The first-order chi connectivity index (χ1) is 7.65. The molecule has 1 rings (SSSR count). The van der Waals surface area contributed by atoms with Gasteiger partial charge in [0.05, 0.1) is 12.2 Å². The highest BCUT2D eigenvalue weighted by atomic mass is 32.1. The summed E-state index contributed by atoms with van der Waals surface area (Å²) >= 11 is 4.20. The van der Waals surface area contributed by atoms with Crippen LogP contribution in [-0.2, 0) is 9.47 Å². The number of carbonyl (C=O) groups is 1. The number of thiol groups is 1. The molecule has 0 heterocycles. The quantitative estimate of drug-likeness (QED) is 0.634. The van der Waals surface area contributed by atoms with E-state index in [0.717, 1.165) is 0 Å². The molecule has 0 radical (unpaired) electrons. The molecule has 16 heavy (non-hydrogen) atoms. The normalized spacial score (nSPS) is 12.2. The van der Waals surface area contributed by atoms with Gasteiger partial charge in [0.25, 0.3) is 0 Å². The Labute approximate surface area is 101 Å². The Morgan fingerprint density at radius 3 is 2.75 bits per heavy atom. The third-order valence-electron chi connectivity index (χ3n) is 1.99. The molecule has 0 amide bonds. The van der Waals surface area contributed by atoms with Gasteiger partial charge in [0.15, 0.2) is 0 Å². The summed E-state index contributed by atoms with van der Waals surface area (Å²) in [4.78, 5) is 12.3. The van der Waals surface area contributed by atoms with Gasteiger partial charge >= 0.3 is 5.97 Å². The van der Waals surface area contributed by atoms with Crippen molar-refractivity contribution in [3.63, 3.8) is 0 Å². The number of hydrogen-bond donors (Lipinski definition) is 1. The van der Waals surface area contributed by atoms with Crippen molar-refractivity contribution in [1.82, 2.24) is 0 Å². The molecule has 1 unspecified atom stereocenters. The van der Waals surface area contributed by atoms with Gasteiger partial charge in [0, 0.05) is 11.5 Å². The molecule has 3 nitrogen and oxygen atoms in total. The van der Waals surface area contributed by atoms with Crippen molar-refractivity contribution in [2.75, 3.05) is 13.2 Å². The lowest BCUT2D eigenvalue weighted by atomic mass is 10.2. The fourth-order valence-electron chi connectivity index (χ4n) is 1.21. The van der Waals surface area contributed by atoms with E-state index in [1.165, 1.54) is 0 Å². The highest BCUT2D eigenvalue weighted by Gasteiger charge is 2.13. The third-order valence-corrected chi connectivity index (χ3v) is 2.38. The lowest BCUT2D eigenvalue weighted by molar-refractivity contribution is 0.00409. The van der Waals surface area contributed by atoms with E-state index in [2.05, 4.69) is 12.6 Å².